The number of amides is 7. The number of alkyl carbamates (subject to hydrolysis) is 1. The van der Waals surface area contributed by atoms with E-state index in [-0.39, 0.29) is 63.5 Å². The van der Waals surface area contributed by atoms with Gasteiger partial charge in [-0.15, -0.1) is 11.3 Å². The average molecular weight is 1140 g/mol. The fourth-order valence-electron chi connectivity index (χ4n) is 11.8. The van der Waals surface area contributed by atoms with Crippen molar-refractivity contribution in [2.45, 2.75) is 135 Å². The first-order chi connectivity index (χ1) is 39.8. The number of β-amino-alcohol motifs (C(OH)–C–C–N with tert-alkyl or cyclic N) is 1. The molecular weight excluding hydrogens is 1070 g/mol. The van der Waals surface area contributed by atoms with Gasteiger partial charge in [-0.25, -0.2) is 9.78 Å². The van der Waals surface area contributed by atoms with Crippen molar-refractivity contribution < 1.29 is 48.1 Å². The summed E-state index contributed by atoms with van der Waals surface area (Å²) in [6, 6.07) is 31.6. The molecule has 1 aliphatic carbocycles. The van der Waals surface area contributed by atoms with E-state index >= 15 is 0 Å². The third kappa shape index (κ3) is 12.7. The van der Waals surface area contributed by atoms with Crippen LogP contribution in [0.2, 0.25) is 0 Å². The second-order valence-electron chi connectivity index (χ2n) is 23.1. The lowest BCUT2D eigenvalue weighted by Crippen LogP contribution is -2.57. The predicted octanol–water partition coefficient (Wildman–Crippen LogP) is 7.01. The van der Waals surface area contributed by atoms with Gasteiger partial charge >= 0.3 is 6.09 Å². The lowest BCUT2D eigenvalue weighted by molar-refractivity contribution is -0.142. The van der Waals surface area contributed by atoms with Crippen LogP contribution in [0.3, 0.4) is 0 Å². The van der Waals surface area contributed by atoms with Gasteiger partial charge in [0, 0.05) is 43.8 Å². The van der Waals surface area contributed by atoms with Crippen LogP contribution in [0.4, 0.5) is 10.5 Å². The Morgan fingerprint density at radius 1 is 0.831 bits per heavy atom. The number of anilines is 1. The van der Waals surface area contributed by atoms with Crippen molar-refractivity contribution in [1.29, 1.82) is 0 Å². The Hall–Kier alpha value is -8.26. The van der Waals surface area contributed by atoms with Gasteiger partial charge in [-0.2, -0.15) is 0 Å². The van der Waals surface area contributed by atoms with Gasteiger partial charge in [0.05, 0.1) is 46.6 Å². The Bertz CT molecular complexity index is 3390. The summed E-state index contributed by atoms with van der Waals surface area (Å²) in [5.41, 5.74) is 17.1. The lowest BCUT2D eigenvalue weighted by atomic mass is 9.85. The number of fused-ring (bicyclic) bond motifs is 3. The number of hydrogen-bond donors (Lipinski definition) is 6. The number of ether oxygens (including phenoxy) is 2. The molecule has 83 heavy (non-hydrogen) atoms. The molecule has 1 aromatic heterocycles. The van der Waals surface area contributed by atoms with E-state index in [0.717, 1.165) is 55.1 Å². The van der Waals surface area contributed by atoms with Crippen molar-refractivity contribution in [3.8, 4) is 21.6 Å². The normalized spacial score (nSPS) is 19.1. The quantitative estimate of drug-likeness (QED) is 0.0481. The number of aliphatic hydroxyl groups excluding tert-OH is 1. The van der Waals surface area contributed by atoms with E-state index in [1.165, 1.54) is 9.80 Å². The third-order valence-corrected chi connectivity index (χ3v) is 17.3. The summed E-state index contributed by atoms with van der Waals surface area (Å²) in [5.74, 6) is -3.05. The molecular formula is C64H70N8O10S. The molecule has 7 amide bonds. The van der Waals surface area contributed by atoms with Crippen molar-refractivity contribution in [2.75, 3.05) is 18.1 Å². The lowest BCUT2D eigenvalue weighted by Gasteiger charge is -2.35. The maximum Gasteiger partial charge on any atom is 0.407 e. The molecule has 1 fully saturated rings. The molecule has 7 N–H and O–H groups in total. The van der Waals surface area contributed by atoms with Gasteiger partial charge in [0.1, 0.15) is 30.8 Å². The third-order valence-electron chi connectivity index (χ3n) is 16.4. The number of carbonyl (C=O) groups excluding carboxylic acids is 7. The van der Waals surface area contributed by atoms with Gasteiger partial charge in [0.2, 0.25) is 29.5 Å². The topological polar surface area (TPSA) is 252 Å². The van der Waals surface area contributed by atoms with Crippen molar-refractivity contribution in [1.82, 2.24) is 31.2 Å². The largest absolute Gasteiger partial charge is 0.449 e. The molecule has 0 saturated carbocycles. The highest BCUT2D eigenvalue weighted by molar-refractivity contribution is 7.13. The maximum atomic E-state index is 14.6. The van der Waals surface area contributed by atoms with E-state index in [9.17, 15) is 38.7 Å². The number of benzene rings is 5. The molecule has 6 aromatic rings. The fraction of sp³-hybridized carbons (Fsp3) is 0.375. The van der Waals surface area contributed by atoms with Gasteiger partial charge in [0.25, 0.3) is 5.91 Å². The Morgan fingerprint density at radius 3 is 2.17 bits per heavy atom. The van der Waals surface area contributed by atoms with Gasteiger partial charge in [-0.1, -0.05) is 124 Å². The standard InChI is InChI=1S/C64H70N8O10S/c1-36-56(83-35-67-36)41-21-17-38(18-22-41)31-66-59(76)52-30-44(73)32-71(52)62(79)57(64(3,4)5)70-58(75)42-23-19-39(20-24-42)33-81-37(2)50(27-28-54(65)74)68-60(77)53-29-43-12-10-11-40-25-26-51(61(78)72(53)55(40)43)69-63(80)82-34-49-47-15-8-6-13-45(47)46-14-7-9-16-48(46)49/h6-24,35,37,44,49-53,57,73H,25-34H2,1-5H3,(H2,65,74)(H,66,76)(H,68,77)(H,69,80)(H,70,75)/t37-,44-,50+,51+,52+,53+,57-/m1/s1. The summed E-state index contributed by atoms with van der Waals surface area (Å²) < 4.78 is 12.2. The molecule has 0 radical (unpaired) electrons. The van der Waals surface area contributed by atoms with Crippen LogP contribution in [0.1, 0.15) is 109 Å². The molecule has 19 heteroatoms. The highest BCUT2D eigenvalue weighted by atomic mass is 32.1. The zero-order valence-electron chi connectivity index (χ0n) is 47.2. The molecule has 1 saturated heterocycles. The van der Waals surface area contributed by atoms with Crippen LogP contribution in [-0.2, 0) is 59.4 Å². The Kier molecular flexibility index (Phi) is 17.2. The van der Waals surface area contributed by atoms with Crippen LogP contribution >= 0.6 is 11.3 Å². The zero-order chi connectivity index (χ0) is 58.7. The SMILES string of the molecule is Cc1ncsc1-c1ccc(CNC(=O)[C@@H]2C[C@@H](O)CN2C(=O)[C@@H](NC(=O)c2ccc(CO[C@H](C)[C@H](CCC(N)=O)NC(=O)[C@@H]3Cc4cccc5c4N3C(=O)[C@@H](NC(=O)OCC3c4ccccc4-c4ccccc43)CC5)cc2)C(C)(C)C)cc1. The number of aromatic nitrogens is 1. The summed E-state index contributed by atoms with van der Waals surface area (Å²) in [4.78, 5) is 105. The van der Waals surface area contributed by atoms with E-state index < -0.39 is 89.4 Å². The van der Waals surface area contributed by atoms with Crippen molar-refractivity contribution >= 4 is 58.6 Å². The Labute approximate surface area is 486 Å². The van der Waals surface area contributed by atoms with Crippen LogP contribution < -0.4 is 31.9 Å². The summed E-state index contributed by atoms with van der Waals surface area (Å²) in [6.07, 6.45) is -1.19. The van der Waals surface area contributed by atoms with Crippen molar-refractivity contribution in [3.05, 3.63) is 165 Å². The monoisotopic (exact) mass is 1140 g/mol. The van der Waals surface area contributed by atoms with Crippen molar-refractivity contribution in [2.24, 2.45) is 11.1 Å². The van der Waals surface area contributed by atoms with Gasteiger partial charge in [-0.3, -0.25) is 33.7 Å². The predicted molar refractivity (Wildman–Crippen MR) is 314 cm³/mol. The minimum Gasteiger partial charge on any atom is -0.449 e. The zero-order valence-corrected chi connectivity index (χ0v) is 48.0. The molecule has 432 valence electrons. The maximum absolute atomic E-state index is 14.6. The molecule has 4 aliphatic rings. The van der Waals surface area contributed by atoms with Crippen molar-refractivity contribution in [3.63, 3.8) is 0 Å². The van der Waals surface area contributed by atoms with Crippen LogP contribution in [0.25, 0.3) is 21.6 Å². The molecule has 10 rings (SSSR count). The molecule has 3 aliphatic heterocycles. The molecule has 18 nitrogen and oxygen atoms in total. The fourth-order valence-corrected chi connectivity index (χ4v) is 12.7. The molecule has 4 heterocycles. The molecule has 0 bridgehead atoms. The second-order valence-corrected chi connectivity index (χ2v) is 24.0. The van der Waals surface area contributed by atoms with Crippen LogP contribution in [0, 0.1) is 12.3 Å². The smallest absolute Gasteiger partial charge is 0.407 e. The summed E-state index contributed by atoms with van der Waals surface area (Å²) >= 11 is 1.56. The number of aryl methyl sites for hydroxylation is 2. The van der Waals surface area contributed by atoms with E-state index in [0.29, 0.717) is 24.1 Å². The number of nitrogens with two attached hydrogens (primary N) is 1. The van der Waals surface area contributed by atoms with Crippen LogP contribution in [-0.4, -0.2) is 112 Å². The summed E-state index contributed by atoms with van der Waals surface area (Å²) in [7, 11) is 0. The number of para-hydroxylation sites is 1. The Morgan fingerprint density at radius 2 is 1.51 bits per heavy atom. The first-order valence-electron chi connectivity index (χ1n) is 28.2. The molecule has 0 spiro atoms. The number of likely N-dealkylation sites (tertiary alicyclic amines) is 1. The number of primary amides is 1. The Balaban J connectivity index is 0.746. The minimum atomic E-state index is -1.06. The molecule has 5 aromatic carbocycles. The van der Waals surface area contributed by atoms with Gasteiger partial charge in [0.15, 0.2) is 0 Å². The minimum absolute atomic E-state index is 0.0511. The first kappa shape index (κ1) is 58.0. The van der Waals surface area contributed by atoms with Gasteiger partial charge < -0.3 is 46.5 Å². The number of rotatable bonds is 19. The first-order valence-corrected chi connectivity index (χ1v) is 29.1. The number of nitrogens with zero attached hydrogens (tertiary/aromatic N) is 3. The number of carbonyl (C=O) groups is 7. The number of nitrogens with one attached hydrogen (secondary N) is 4. The van der Waals surface area contributed by atoms with Crippen LogP contribution in [0.15, 0.2) is 121 Å². The second kappa shape index (κ2) is 24.7. The average Bonchev–Trinajstić information content (AvgIpc) is 4.44. The highest BCUT2D eigenvalue weighted by Gasteiger charge is 2.46. The summed E-state index contributed by atoms with van der Waals surface area (Å²) in [6.45, 7) is 9.45. The number of hydrogen-bond acceptors (Lipinski definition) is 12. The van der Waals surface area contributed by atoms with E-state index in [4.69, 9.17) is 15.2 Å². The van der Waals surface area contributed by atoms with Gasteiger partial charge in [-0.05, 0) is 101 Å². The summed E-state index contributed by atoms with van der Waals surface area (Å²) in [5, 5.41) is 22.5. The number of thiazole rings is 1. The van der Waals surface area contributed by atoms with E-state index in [1.54, 1.807) is 48.0 Å². The van der Waals surface area contributed by atoms with Crippen LogP contribution in [0.5, 0.6) is 0 Å². The van der Waals surface area contributed by atoms with E-state index in [2.05, 4.69) is 38.4 Å². The number of aliphatic hydroxyl groups is 1. The van der Waals surface area contributed by atoms with E-state index in [1.807, 2.05) is 107 Å². The molecule has 0 unspecified atom stereocenters. The molecule has 7 atom stereocenters. The highest BCUT2D eigenvalue weighted by Crippen LogP contribution is 2.45.